The van der Waals surface area contributed by atoms with E-state index in [4.69, 9.17) is 5.26 Å². The van der Waals surface area contributed by atoms with Crippen molar-refractivity contribution in [1.29, 1.82) is 5.26 Å². The van der Waals surface area contributed by atoms with Crippen molar-refractivity contribution < 1.29 is 0 Å². The Labute approximate surface area is 90.8 Å². The fraction of sp³-hybridized carbons (Fsp3) is 0.111. The molecule has 0 spiro atoms. The van der Waals surface area contributed by atoms with Crippen LogP contribution in [0.1, 0.15) is 5.69 Å². The number of pyridine rings is 1. The zero-order valence-electron chi connectivity index (χ0n) is 7.95. The summed E-state index contributed by atoms with van der Waals surface area (Å²) in [5.41, 5.74) is 0.405. The summed E-state index contributed by atoms with van der Waals surface area (Å²) in [6.07, 6.45) is 1.62. The SMILES string of the molecule is Cn1cnnc1Sc1cccc(C#N)n1. The van der Waals surface area contributed by atoms with Crippen molar-refractivity contribution in [3.05, 3.63) is 30.2 Å². The zero-order chi connectivity index (χ0) is 10.7. The second kappa shape index (κ2) is 4.11. The fourth-order valence-electron chi connectivity index (χ4n) is 0.992. The Morgan fingerprint density at radius 2 is 2.33 bits per heavy atom. The maximum absolute atomic E-state index is 8.69. The van der Waals surface area contributed by atoms with Gasteiger partial charge in [0.05, 0.1) is 0 Å². The van der Waals surface area contributed by atoms with Crippen molar-refractivity contribution in [2.45, 2.75) is 10.2 Å². The number of nitriles is 1. The van der Waals surface area contributed by atoms with Crippen LogP contribution in [0.4, 0.5) is 0 Å². The summed E-state index contributed by atoms with van der Waals surface area (Å²) in [7, 11) is 1.86. The lowest BCUT2D eigenvalue weighted by Gasteiger charge is -1.99. The van der Waals surface area contributed by atoms with Crippen molar-refractivity contribution in [2.75, 3.05) is 0 Å². The molecule has 0 aliphatic carbocycles. The van der Waals surface area contributed by atoms with Crippen molar-refractivity contribution in [3.63, 3.8) is 0 Å². The lowest BCUT2D eigenvalue weighted by atomic mass is 10.4. The van der Waals surface area contributed by atoms with Crippen LogP contribution in [-0.4, -0.2) is 19.7 Å². The van der Waals surface area contributed by atoms with Gasteiger partial charge in [-0.25, -0.2) is 4.98 Å². The van der Waals surface area contributed by atoms with Gasteiger partial charge < -0.3 is 4.57 Å². The van der Waals surface area contributed by atoms with E-state index in [1.54, 1.807) is 23.0 Å². The van der Waals surface area contributed by atoms with Gasteiger partial charge in [-0.05, 0) is 23.9 Å². The Balaban J connectivity index is 2.25. The minimum atomic E-state index is 0.405. The van der Waals surface area contributed by atoms with E-state index in [1.165, 1.54) is 11.8 Å². The minimum absolute atomic E-state index is 0.405. The molecule has 0 aliphatic heterocycles. The third kappa shape index (κ3) is 2.14. The second-order valence-corrected chi connectivity index (χ2v) is 3.79. The van der Waals surface area contributed by atoms with E-state index in [1.807, 2.05) is 19.2 Å². The number of nitrogens with zero attached hydrogens (tertiary/aromatic N) is 5. The van der Waals surface area contributed by atoms with Gasteiger partial charge in [-0.15, -0.1) is 10.2 Å². The highest BCUT2D eigenvalue weighted by Crippen LogP contribution is 2.22. The third-order valence-electron chi connectivity index (χ3n) is 1.70. The Morgan fingerprint density at radius 3 is 3.00 bits per heavy atom. The van der Waals surface area contributed by atoms with E-state index in [2.05, 4.69) is 15.2 Å². The van der Waals surface area contributed by atoms with E-state index in [0.717, 1.165) is 10.2 Å². The Bertz CT molecular complexity index is 513. The minimum Gasteiger partial charge on any atom is -0.311 e. The van der Waals surface area contributed by atoms with E-state index in [0.29, 0.717) is 5.69 Å². The van der Waals surface area contributed by atoms with E-state index in [-0.39, 0.29) is 0 Å². The highest BCUT2D eigenvalue weighted by atomic mass is 32.2. The Morgan fingerprint density at radius 1 is 1.47 bits per heavy atom. The molecule has 0 aromatic carbocycles. The van der Waals surface area contributed by atoms with Gasteiger partial charge in [0.1, 0.15) is 23.1 Å². The lowest BCUT2D eigenvalue weighted by molar-refractivity contribution is 0.787. The van der Waals surface area contributed by atoms with Gasteiger partial charge in [-0.1, -0.05) is 6.07 Å². The third-order valence-corrected chi connectivity index (χ3v) is 2.69. The second-order valence-electron chi connectivity index (χ2n) is 2.80. The average Bonchev–Trinajstić information content (AvgIpc) is 2.65. The molecule has 5 nitrogen and oxygen atoms in total. The summed E-state index contributed by atoms with van der Waals surface area (Å²) >= 11 is 1.38. The predicted octanol–water partition coefficient (Wildman–Crippen LogP) is 1.23. The Hall–Kier alpha value is -1.87. The summed E-state index contributed by atoms with van der Waals surface area (Å²) in [5.74, 6) is 0. The van der Waals surface area contributed by atoms with Gasteiger partial charge in [0.2, 0.25) is 0 Å². The standard InChI is InChI=1S/C9H7N5S/c1-14-6-11-13-9(14)15-8-4-2-3-7(5-10)12-8/h2-4,6H,1H3. The number of aromatic nitrogens is 4. The molecule has 0 N–H and O–H groups in total. The summed E-state index contributed by atoms with van der Waals surface area (Å²) in [6, 6.07) is 7.29. The molecule has 0 fully saturated rings. The molecule has 0 aliphatic rings. The van der Waals surface area contributed by atoms with Crippen LogP contribution in [0.3, 0.4) is 0 Å². The molecule has 0 amide bonds. The molecule has 6 heteroatoms. The molecule has 2 aromatic rings. The molecule has 2 aromatic heterocycles. The maximum Gasteiger partial charge on any atom is 0.197 e. The van der Waals surface area contributed by atoms with Crippen LogP contribution in [0.25, 0.3) is 0 Å². The topological polar surface area (TPSA) is 67.4 Å². The van der Waals surface area contributed by atoms with Crippen LogP contribution in [-0.2, 0) is 7.05 Å². The fourth-order valence-corrected chi connectivity index (χ4v) is 1.75. The van der Waals surface area contributed by atoms with Crippen molar-refractivity contribution in [3.8, 4) is 6.07 Å². The zero-order valence-corrected chi connectivity index (χ0v) is 8.77. The van der Waals surface area contributed by atoms with Gasteiger partial charge in [-0.2, -0.15) is 5.26 Å². The molecule has 2 heterocycles. The highest BCUT2D eigenvalue weighted by Gasteiger charge is 2.04. The first-order chi connectivity index (χ1) is 7.29. The summed E-state index contributed by atoms with van der Waals surface area (Å²) in [4.78, 5) is 4.13. The summed E-state index contributed by atoms with van der Waals surface area (Å²) < 4.78 is 1.80. The molecule has 0 bridgehead atoms. The normalized spacial score (nSPS) is 9.87. The van der Waals surface area contributed by atoms with Crippen LogP contribution in [0.2, 0.25) is 0 Å². The molecule has 74 valence electrons. The summed E-state index contributed by atoms with van der Waals surface area (Å²) in [5, 5.41) is 17.9. The summed E-state index contributed by atoms with van der Waals surface area (Å²) in [6.45, 7) is 0. The van der Waals surface area contributed by atoms with Gasteiger partial charge in [0.25, 0.3) is 0 Å². The quantitative estimate of drug-likeness (QED) is 0.756. The first kappa shape index (κ1) is 9.68. The van der Waals surface area contributed by atoms with Crippen molar-refractivity contribution >= 4 is 11.8 Å². The molecule has 0 saturated carbocycles. The molecule has 0 unspecified atom stereocenters. The molecule has 0 radical (unpaired) electrons. The predicted molar refractivity (Wildman–Crippen MR) is 54.1 cm³/mol. The maximum atomic E-state index is 8.69. The Kier molecular flexibility index (Phi) is 2.65. The van der Waals surface area contributed by atoms with Gasteiger partial charge >= 0.3 is 0 Å². The molecule has 0 saturated heterocycles. The molecule has 0 atom stereocenters. The van der Waals surface area contributed by atoms with Crippen LogP contribution in [0.5, 0.6) is 0 Å². The van der Waals surface area contributed by atoms with Crippen LogP contribution >= 0.6 is 11.8 Å². The van der Waals surface area contributed by atoms with Crippen LogP contribution in [0, 0.1) is 11.3 Å². The van der Waals surface area contributed by atoms with Crippen LogP contribution in [0.15, 0.2) is 34.7 Å². The molecular weight excluding hydrogens is 210 g/mol. The van der Waals surface area contributed by atoms with E-state index < -0.39 is 0 Å². The van der Waals surface area contributed by atoms with E-state index in [9.17, 15) is 0 Å². The average molecular weight is 217 g/mol. The van der Waals surface area contributed by atoms with Crippen molar-refractivity contribution in [2.24, 2.45) is 7.05 Å². The van der Waals surface area contributed by atoms with Gasteiger partial charge in [0, 0.05) is 7.05 Å². The lowest BCUT2D eigenvalue weighted by Crippen LogP contribution is -1.90. The van der Waals surface area contributed by atoms with E-state index >= 15 is 0 Å². The molecule has 15 heavy (non-hydrogen) atoms. The highest BCUT2D eigenvalue weighted by molar-refractivity contribution is 7.99. The van der Waals surface area contributed by atoms with Crippen molar-refractivity contribution in [1.82, 2.24) is 19.7 Å². The van der Waals surface area contributed by atoms with Gasteiger partial charge in [-0.3, -0.25) is 0 Å². The molecular formula is C9H7N5S. The monoisotopic (exact) mass is 217 g/mol. The molecule has 2 rings (SSSR count). The number of hydrogen-bond donors (Lipinski definition) is 0. The first-order valence-corrected chi connectivity index (χ1v) is 5.00. The van der Waals surface area contributed by atoms with Crippen LogP contribution < -0.4 is 0 Å². The van der Waals surface area contributed by atoms with Gasteiger partial charge in [0.15, 0.2) is 5.16 Å². The number of hydrogen-bond acceptors (Lipinski definition) is 5. The largest absolute Gasteiger partial charge is 0.311 e. The first-order valence-electron chi connectivity index (χ1n) is 4.18. The smallest absolute Gasteiger partial charge is 0.197 e. The number of aryl methyl sites for hydroxylation is 1. The number of rotatable bonds is 2.